The Bertz CT molecular complexity index is 1250. The van der Waals surface area contributed by atoms with Gasteiger partial charge in [-0.25, -0.2) is 9.37 Å². The van der Waals surface area contributed by atoms with Crippen LogP contribution in [-0.4, -0.2) is 42.0 Å². The van der Waals surface area contributed by atoms with Gasteiger partial charge in [0.05, 0.1) is 30.2 Å². The molecule has 0 fully saturated rings. The van der Waals surface area contributed by atoms with Gasteiger partial charge in [-0.2, -0.15) is 18.2 Å². The number of carbonyl (C=O) groups excluding carboxylic acids is 1. The Hall–Kier alpha value is -3.93. The first-order valence-electron chi connectivity index (χ1n) is 10.4. The number of anilines is 4. The van der Waals surface area contributed by atoms with Crippen LogP contribution >= 0.6 is 0 Å². The third kappa shape index (κ3) is 5.27. The third-order valence-corrected chi connectivity index (χ3v) is 5.46. The minimum absolute atomic E-state index is 0.0435. The Morgan fingerprint density at radius 1 is 1.14 bits per heavy atom. The molecular weight excluding hydrogens is 470 g/mol. The van der Waals surface area contributed by atoms with Crippen molar-refractivity contribution in [2.45, 2.75) is 19.1 Å². The highest BCUT2D eigenvalue weighted by atomic mass is 19.4. The molecule has 2 N–H and O–H groups in total. The molecule has 35 heavy (non-hydrogen) atoms. The lowest BCUT2D eigenvalue weighted by atomic mass is 9.99. The molecule has 0 atom stereocenters. The summed E-state index contributed by atoms with van der Waals surface area (Å²) in [5, 5.41) is 5.28. The van der Waals surface area contributed by atoms with E-state index in [-0.39, 0.29) is 24.0 Å². The van der Waals surface area contributed by atoms with Crippen molar-refractivity contribution in [3.8, 4) is 11.5 Å². The summed E-state index contributed by atoms with van der Waals surface area (Å²) < 4.78 is 64.9. The van der Waals surface area contributed by atoms with Gasteiger partial charge >= 0.3 is 6.18 Å². The first kappa shape index (κ1) is 24.2. The number of alkyl halides is 3. The summed E-state index contributed by atoms with van der Waals surface area (Å²) in [4.78, 5) is 21.3. The molecule has 0 amide bonds. The fraction of sp³-hybridized carbons (Fsp3) is 0.261. The minimum Gasteiger partial charge on any atom is -0.495 e. The van der Waals surface area contributed by atoms with Gasteiger partial charge in [-0.3, -0.25) is 4.79 Å². The van der Waals surface area contributed by atoms with Crippen LogP contribution in [0.3, 0.4) is 0 Å². The molecule has 0 saturated heterocycles. The average Bonchev–Trinajstić information content (AvgIpc) is 2.81. The van der Waals surface area contributed by atoms with Crippen molar-refractivity contribution < 1.29 is 31.8 Å². The van der Waals surface area contributed by atoms with Gasteiger partial charge in [0, 0.05) is 13.1 Å². The first-order valence-corrected chi connectivity index (χ1v) is 10.4. The molecule has 184 valence electrons. The topological polar surface area (TPSA) is 88.6 Å². The quantitative estimate of drug-likeness (QED) is 0.365. The van der Waals surface area contributed by atoms with E-state index in [2.05, 4.69) is 25.5 Å². The Balaban J connectivity index is 1.72. The molecule has 2 aromatic carbocycles. The van der Waals surface area contributed by atoms with Gasteiger partial charge in [0.2, 0.25) is 5.95 Å². The second-order valence-electron chi connectivity index (χ2n) is 7.84. The number of halogens is 4. The van der Waals surface area contributed by atoms with Crippen molar-refractivity contribution in [3.63, 3.8) is 0 Å². The fourth-order valence-corrected chi connectivity index (χ4v) is 3.78. The number of hydrogen-bond donors (Lipinski definition) is 2. The molecule has 0 aliphatic carbocycles. The summed E-state index contributed by atoms with van der Waals surface area (Å²) in [6.07, 6.45) is -2.90. The monoisotopic (exact) mass is 491 g/mol. The lowest BCUT2D eigenvalue weighted by Crippen LogP contribution is -2.26. The summed E-state index contributed by atoms with van der Waals surface area (Å²) in [5.74, 6) is -1.32. The molecule has 0 bridgehead atoms. The SMILES string of the molecule is COc1cc2c(cc1Nc1ncc(OC=O)c(Nc3c(F)cccc3C(F)(F)F)n1)CN(C)CC2. The van der Waals surface area contributed by atoms with Gasteiger partial charge in [-0.1, -0.05) is 6.07 Å². The molecule has 1 aliphatic heterocycles. The summed E-state index contributed by atoms with van der Waals surface area (Å²) in [6.45, 7) is 1.70. The maximum absolute atomic E-state index is 14.4. The van der Waals surface area contributed by atoms with Crippen LogP contribution in [0.15, 0.2) is 36.5 Å². The number of nitrogens with zero attached hydrogens (tertiary/aromatic N) is 3. The van der Waals surface area contributed by atoms with Crippen LogP contribution in [0.2, 0.25) is 0 Å². The number of nitrogens with one attached hydrogen (secondary N) is 2. The summed E-state index contributed by atoms with van der Waals surface area (Å²) in [5.41, 5.74) is 0.626. The number of likely N-dealkylation sites (N-methyl/N-ethyl adjacent to an activating group) is 1. The number of aromatic nitrogens is 2. The van der Waals surface area contributed by atoms with E-state index in [4.69, 9.17) is 9.47 Å². The van der Waals surface area contributed by atoms with Crippen molar-refractivity contribution in [3.05, 3.63) is 59.0 Å². The van der Waals surface area contributed by atoms with Crippen molar-refractivity contribution >= 4 is 29.6 Å². The standard InChI is InChI=1S/C23H21F4N5O3/c1-32-7-6-13-9-18(34-2)17(8-14(13)11-32)29-22-28-10-19(35-12-33)21(31-22)30-20-15(23(25,26)27)4-3-5-16(20)24/h3-5,8-10,12H,6-7,11H2,1-2H3,(H2,28,29,30,31). The zero-order valence-electron chi connectivity index (χ0n) is 18.7. The molecule has 0 saturated carbocycles. The molecule has 12 heteroatoms. The van der Waals surface area contributed by atoms with Crippen molar-refractivity contribution in [2.24, 2.45) is 0 Å². The second kappa shape index (κ2) is 9.74. The number of methoxy groups -OCH3 is 1. The molecule has 8 nitrogen and oxygen atoms in total. The van der Waals surface area contributed by atoms with Crippen LogP contribution in [0, 0.1) is 5.82 Å². The van der Waals surface area contributed by atoms with E-state index < -0.39 is 23.2 Å². The first-order chi connectivity index (χ1) is 16.7. The normalized spacial score (nSPS) is 13.7. The lowest BCUT2D eigenvalue weighted by Gasteiger charge is -2.26. The molecule has 4 rings (SSSR count). The van der Waals surface area contributed by atoms with E-state index in [1.165, 1.54) is 7.11 Å². The van der Waals surface area contributed by atoms with E-state index in [9.17, 15) is 22.4 Å². The minimum atomic E-state index is -4.84. The van der Waals surface area contributed by atoms with Gasteiger partial charge in [-0.05, 0) is 48.9 Å². The Morgan fingerprint density at radius 2 is 1.94 bits per heavy atom. The highest BCUT2D eigenvalue weighted by Gasteiger charge is 2.35. The summed E-state index contributed by atoms with van der Waals surface area (Å²) >= 11 is 0. The number of carbonyl (C=O) groups is 1. The second-order valence-corrected chi connectivity index (χ2v) is 7.84. The van der Waals surface area contributed by atoms with Crippen LogP contribution in [0.1, 0.15) is 16.7 Å². The molecule has 1 aliphatic rings. The highest BCUT2D eigenvalue weighted by molar-refractivity contribution is 5.71. The number of benzene rings is 2. The molecule has 0 unspecified atom stereocenters. The zero-order chi connectivity index (χ0) is 25.2. The maximum Gasteiger partial charge on any atom is 0.418 e. The van der Waals surface area contributed by atoms with Gasteiger partial charge in [0.15, 0.2) is 11.6 Å². The molecule has 0 spiro atoms. The van der Waals surface area contributed by atoms with Gasteiger partial charge in [-0.15, -0.1) is 0 Å². The fourth-order valence-electron chi connectivity index (χ4n) is 3.78. The van der Waals surface area contributed by atoms with Crippen LogP contribution in [-0.2, 0) is 23.9 Å². The molecule has 3 aromatic rings. The smallest absolute Gasteiger partial charge is 0.418 e. The molecule has 2 heterocycles. The van der Waals surface area contributed by atoms with Crippen molar-refractivity contribution in [1.29, 1.82) is 0 Å². The Kier molecular flexibility index (Phi) is 6.74. The van der Waals surface area contributed by atoms with Gasteiger partial charge in [0.25, 0.3) is 6.47 Å². The average molecular weight is 491 g/mol. The Morgan fingerprint density at radius 3 is 2.66 bits per heavy atom. The molecular formula is C23H21F4N5O3. The zero-order valence-corrected chi connectivity index (χ0v) is 18.7. The molecule has 0 radical (unpaired) electrons. The highest BCUT2D eigenvalue weighted by Crippen LogP contribution is 2.39. The maximum atomic E-state index is 14.4. The van der Waals surface area contributed by atoms with E-state index in [0.717, 1.165) is 55.0 Å². The van der Waals surface area contributed by atoms with Crippen LogP contribution < -0.4 is 20.1 Å². The number of ether oxygens (including phenoxy) is 2. The van der Waals surface area contributed by atoms with Crippen LogP contribution in [0.4, 0.5) is 40.7 Å². The van der Waals surface area contributed by atoms with Crippen LogP contribution in [0.5, 0.6) is 11.5 Å². The third-order valence-electron chi connectivity index (χ3n) is 5.46. The van der Waals surface area contributed by atoms with E-state index in [1.807, 2.05) is 19.2 Å². The number of para-hydroxylation sites is 1. The predicted molar refractivity (Wildman–Crippen MR) is 120 cm³/mol. The summed E-state index contributed by atoms with van der Waals surface area (Å²) in [6, 6.07) is 6.32. The molecule has 1 aromatic heterocycles. The summed E-state index contributed by atoms with van der Waals surface area (Å²) in [7, 11) is 3.51. The van der Waals surface area contributed by atoms with Gasteiger partial charge < -0.3 is 25.0 Å². The largest absolute Gasteiger partial charge is 0.495 e. The van der Waals surface area contributed by atoms with Crippen molar-refractivity contribution in [2.75, 3.05) is 31.3 Å². The van der Waals surface area contributed by atoms with E-state index in [1.54, 1.807) is 0 Å². The van der Waals surface area contributed by atoms with Crippen LogP contribution in [0.25, 0.3) is 0 Å². The van der Waals surface area contributed by atoms with E-state index >= 15 is 0 Å². The van der Waals surface area contributed by atoms with E-state index in [0.29, 0.717) is 11.4 Å². The van der Waals surface area contributed by atoms with Gasteiger partial charge in [0.1, 0.15) is 11.6 Å². The number of hydrogen-bond acceptors (Lipinski definition) is 8. The Labute approximate surface area is 197 Å². The number of rotatable bonds is 7. The number of fused-ring (bicyclic) bond motifs is 1. The lowest BCUT2D eigenvalue weighted by molar-refractivity contribution is -0.137. The predicted octanol–water partition coefficient (Wildman–Crippen LogP) is 4.65. The van der Waals surface area contributed by atoms with Crippen molar-refractivity contribution in [1.82, 2.24) is 14.9 Å².